The van der Waals surface area contributed by atoms with Gasteiger partial charge < -0.3 is 20.2 Å². The number of aromatic hydroxyl groups is 2. The maximum atomic E-state index is 12.9. The first-order valence-corrected chi connectivity index (χ1v) is 15.8. The molecule has 3 N–H and O–H groups in total. The van der Waals surface area contributed by atoms with E-state index in [0.717, 1.165) is 11.8 Å². The number of aliphatic carboxylic acids is 1. The third-order valence-electron chi connectivity index (χ3n) is 6.52. The molecule has 39 heavy (non-hydrogen) atoms. The number of phenols is 2. The molecule has 1 saturated heterocycles. The van der Waals surface area contributed by atoms with E-state index in [1.807, 2.05) is 6.26 Å². The van der Waals surface area contributed by atoms with Gasteiger partial charge in [0.2, 0.25) is 16.1 Å². The van der Waals surface area contributed by atoms with Crippen molar-refractivity contribution in [2.75, 3.05) is 18.6 Å². The van der Waals surface area contributed by atoms with Gasteiger partial charge in [-0.25, -0.2) is 4.79 Å². The van der Waals surface area contributed by atoms with E-state index in [-0.39, 0.29) is 44.6 Å². The summed E-state index contributed by atoms with van der Waals surface area (Å²) in [5.41, 5.74) is 0.967. The van der Waals surface area contributed by atoms with Gasteiger partial charge in [-0.15, -0.1) is 0 Å². The summed E-state index contributed by atoms with van der Waals surface area (Å²) < 4.78 is 0. The van der Waals surface area contributed by atoms with Crippen molar-refractivity contribution < 1.29 is 34.5 Å². The second-order valence-corrected chi connectivity index (χ2v) is 12.8. The van der Waals surface area contributed by atoms with Crippen molar-refractivity contribution in [2.24, 2.45) is 0 Å². The molecule has 0 aliphatic carbocycles. The molecule has 210 valence electrons. The summed E-state index contributed by atoms with van der Waals surface area (Å²) in [4.78, 5) is 51.2. The van der Waals surface area contributed by atoms with Crippen LogP contribution in [0.3, 0.4) is 0 Å². The molecule has 3 unspecified atom stereocenters. The number of carbonyl (C=O) groups excluding carboxylic acids is 3. The smallest absolute Gasteiger partial charge is 0.326 e. The van der Waals surface area contributed by atoms with E-state index in [0.29, 0.717) is 55.5 Å². The quantitative estimate of drug-likeness (QED) is 0.264. The Balaban J connectivity index is 1.53. The van der Waals surface area contributed by atoms with Gasteiger partial charge in [0, 0.05) is 40.3 Å². The standard InChI is InChI=1S/C28H33NO7S3/c1-37-23-16-24(26(33)34)29(17-23)25(32)5-3-2-4-22(39-28(36)19-8-12-21(31)13-9-19)14-15-38-27(35)18-6-10-20(30)11-7-18/h6-13,22-24,30-31H,2-5,14-17H2,1H3,(H,33,34). The average molecular weight is 592 g/mol. The summed E-state index contributed by atoms with van der Waals surface area (Å²) in [6.45, 7) is 0.447. The van der Waals surface area contributed by atoms with Gasteiger partial charge in [-0.3, -0.25) is 14.4 Å². The van der Waals surface area contributed by atoms with Gasteiger partial charge in [-0.1, -0.05) is 29.9 Å². The van der Waals surface area contributed by atoms with Crippen LogP contribution < -0.4 is 0 Å². The zero-order valence-corrected chi connectivity index (χ0v) is 24.1. The molecule has 0 spiro atoms. The Morgan fingerprint density at radius 3 is 2.05 bits per heavy atom. The minimum Gasteiger partial charge on any atom is -0.508 e. The maximum Gasteiger partial charge on any atom is 0.326 e. The van der Waals surface area contributed by atoms with Gasteiger partial charge >= 0.3 is 5.97 Å². The number of carbonyl (C=O) groups is 4. The molecule has 8 nitrogen and oxygen atoms in total. The zero-order valence-electron chi connectivity index (χ0n) is 21.7. The van der Waals surface area contributed by atoms with Crippen LogP contribution in [0.25, 0.3) is 0 Å². The molecule has 1 amide bonds. The number of hydrogen-bond donors (Lipinski definition) is 3. The SMILES string of the molecule is CSC1CC(C(=O)O)N(C(=O)CCCCC(CCSC(=O)c2ccc(O)cc2)SC(=O)c2ccc(O)cc2)C1. The average Bonchev–Trinajstić information content (AvgIpc) is 3.37. The van der Waals surface area contributed by atoms with Crippen molar-refractivity contribution in [3.05, 3.63) is 59.7 Å². The monoisotopic (exact) mass is 591 g/mol. The van der Waals surface area contributed by atoms with Crippen LogP contribution in [0.4, 0.5) is 0 Å². The number of carboxylic acids is 1. The lowest BCUT2D eigenvalue weighted by molar-refractivity contribution is -0.148. The molecule has 3 atom stereocenters. The minimum atomic E-state index is -0.969. The number of hydrogen-bond acceptors (Lipinski definition) is 9. The summed E-state index contributed by atoms with van der Waals surface area (Å²) in [5.74, 6) is -0.453. The van der Waals surface area contributed by atoms with Crippen LogP contribution in [0.1, 0.15) is 59.2 Å². The van der Waals surface area contributed by atoms with Gasteiger partial charge in [0.15, 0.2) is 0 Å². The second-order valence-electron chi connectivity index (χ2n) is 9.28. The van der Waals surface area contributed by atoms with Gasteiger partial charge in [0.25, 0.3) is 0 Å². The van der Waals surface area contributed by atoms with Gasteiger partial charge in [0.05, 0.1) is 0 Å². The van der Waals surface area contributed by atoms with Crippen LogP contribution in [0, 0.1) is 0 Å². The molecule has 0 bridgehead atoms. The predicted molar refractivity (Wildman–Crippen MR) is 157 cm³/mol. The number of benzene rings is 2. The second kappa shape index (κ2) is 15.2. The highest BCUT2D eigenvalue weighted by Crippen LogP contribution is 2.30. The normalized spacial score (nSPS) is 17.6. The first kappa shape index (κ1) is 30.9. The molecule has 0 aromatic heterocycles. The lowest BCUT2D eigenvalue weighted by Gasteiger charge is -2.21. The van der Waals surface area contributed by atoms with E-state index >= 15 is 0 Å². The molecule has 0 saturated carbocycles. The first-order chi connectivity index (χ1) is 18.7. The highest BCUT2D eigenvalue weighted by atomic mass is 32.2. The third-order valence-corrected chi connectivity index (χ3v) is 9.72. The number of nitrogens with zero attached hydrogens (tertiary/aromatic N) is 1. The summed E-state index contributed by atoms with van der Waals surface area (Å²) >= 11 is 3.93. The van der Waals surface area contributed by atoms with Crippen molar-refractivity contribution in [1.82, 2.24) is 4.90 Å². The van der Waals surface area contributed by atoms with Gasteiger partial charge in [-0.05, 0) is 80.5 Å². The lowest BCUT2D eigenvalue weighted by Crippen LogP contribution is -2.40. The number of carboxylic acid groups (broad SMARTS) is 1. The van der Waals surface area contributed by atoms with E-state index in [2.05, 4.69) is 0 Å². The van der Waals surface area contributed by atoms with Crippen molar-refractivity contribution >= 4 is 57.4 Å². The Morgan fingerprint density at radius 2 is 1.49 bits per heavy atom. The molecule has 1 aliphatic heterocycles. The molecule has 2 aromatic rings. The van der Waals surface area contributed by atoms with E-state index in [4.69, 9.17) is 0 Å². The summed E-state index contributed by atoms with van der Waals surface area (Å²) in [6.07, 6.45) is 5.15. The van der Waals surface area contributed by atoms with Crippen LogP contribution in [0.15, 0.2) is 48.5 Å². The predicted octanol–water partition coefficient (Wildman–Crippen LogP) is 5.28. The number of likely N-dealkylation sites (tertiary alicyclic amines) is 1. The molecule has 1 heterocycles. The zero-order chi connectivity index (χ0) is 28.4. The lowest BCUT2D eigenvalue weighted by atomic mass is 10.1. The number of rotatable bonds is 13. The molecule has 2 aromatic carbocycles. The summed E-state index contributed by atoms with van der Waals surface area (Å²) in [5, 5.41) is 28.2. The highest BCUT2D eigenvalue weighted by Gasteiger charge is 2.38. The highest BCUT2D eigenvalue weighted by molar-refractivity contribution is 8.15. The van der Waals surface area contributed by atoms with E-state index in [1.165, 1.54) is 40.9 Å². The van der Waals surface area contributed by atoms with E-state index < -0.39 is 12.0 Å². The Hall–Kier alpha value is -2.63. The van der Waals surface area contributed by atoms with E-state index in [9.17, 15) is 34.5 Å². The van der Waals surface area contributed by atoms with Crippen molar-refractivity contribution in [1.29, 1.82) is 0 Å². The summed E-state index contributed by atoms with van der Waals surface area (Å²) in [6, 6.07) is 11.4. The van der Waals surface area contributed by atoms with Crippen LogP contribution in [-0.2, 0) is 9.59 Å². The van der Waals surface area contributed by atoms with Crippen molar-refractivity contribution in [3.63, 3.8) is 0 Å². The first-order valence-electron chi connectivity index (χ1n) is 12.7. The minimum absolute atomic E-state index is 0.0777. The van der Waals surface area contributed by atoms with Crippen molar-refractivity contribution in [3.8, 4) is 11.5 Å². The van der Waals surface area contributed by atoms with Crippen LogP contribution in [0.2, 0.25) is 0 Å². The Kier molecular flexibility index (Phi) is 12.1. The summed E-state index contributed by atoms with van der Waals surface area (Å²) in [7, 11) is 0. The third kappa shape index (κ3) is 9.51. The number of unbranched alkanes of at least 4 members (excludes halogenated alkanes) is 1. The van der Waals surface area contributed by atoms with Gasteiger partial charge in [0.1, 0.15) is 17.5 Å². The van der Waals surface area contributed by atoms with Gasteiger partial charge in [-0.2, -0.15) is 11.8 Å². The molecular formula is C28H33NO7S3. The van der Waals surface area contributed by atoms with Crippen LogP contribution in [0.5, 0.6) is 11.5 Å². The molecule has 11 heteroatoms. The molecule has 1 fully saturated rings. The van der Waals surface area contributed by atoms with Crippen LogP contribution >= 0.6 is 35.3 Å². The van der Waals surface area contributed by atoms with Crippen molar-refractivity contribution in [2.45, 2.75) is 55.1 Å². The number of amides is 1. The Morgan fingerprint density at radius 1 is 0.897 bits per heavy atom. The fourth-order valence-corrected chi connectivity index (χ4v) is 7.13. The topological polar surface area (TPSA) is 132 Å². The number of phenolic OH excluding ortho intramolecular Hbond substituents is 2. The molecule has 0 radical (unpaired) electrons. The molecular weight excluding hydrogens is 559 g/mol. The molecule has 3 rings (SSSR count). The van der Waals surface area contributed by atoms with Crippen LogP contribution in [-0.4, -0.2) is 77.4 Å². The Bertz CT molecular complexity index is 1140. The largest absolute Gasteiger partial charge is 0.508 e. The molecule has 1 aliphatic rings. The Labute approximate surface area is 240 Å². The van der Waals surface area contributed by atoms with E-state index in [1.54, 1.807) is 36.0 Å². The fraction of sp³-hybridized carbons (Fsp3) is 0.429. The fourth-order valence-electron chi connectivity index (χ4n) is 4.31. The maximum absolute atomic E-state index is 12.9. The number of thioether (sulfide) groups is 3.